The normalized spacial score (nSPS) is 13.3. The quantitative estimate of drug-likeness (QED) is 0.703. The summed E-state index contributed by atoms with van der Waals surface area (Å²) >= 11 is 0. The largest absolute Gasteiger partial charge is 0.497 e. The van der Waals surface area contributed by atoms with E-state index in [-0.39, 0.29) is 0 Å². The summed E-state index contributed by atoms with van der Waals surface area (Å²) in [7, 11) is 1.70. The van der Waals surface area contributed by atoms with Gasteiger partial charge in [0.15, 0.2) is 0 Å². The van der Waals surface area contributed by atoms with E-state index in [0.29, 0.717) is 5.92 Å². The summed E-state index contributed by atoms with van der Waals surface area (Å²) in [5.74, 6) is 1.42. The Balaban J connectivity index is 0.00000109. The Kier molecular flexibility index (Phi) is 7.52. The first kappa shape index (κ1) is 19.0. The second kappa shape index (κ2) is 9.87. The van der Waals surface area contributed by atoms with Crippen LogP contribution in [0, 0.1) is 0 Å². The average molecular weight is 338 g/mol. The van der Waals surface area contributed by atoms with Crippen LogP contribution in [0.4, 0.5) is 11.4 Å². The molecule has 0 spiro atoms. The SMILES string of the molecule is CC.COc1ccc(C(C)CCNc2cccc3c2N=CCC3)cc1. The highest BCUT2D eigenvalue weighted by Gasteiger charge is 2.11. The number of nitrogens with zero attached hydrogens (tertiary/aromatic N) is 1. The molecular weight excluding hydrogens is 308 g/mol. The number of rotatable bonds is 6. The molecule has 0 aromatic heterocycles. The van der Waals surface area contributed by atoms with E-state index in [4.69, 9.17) is 4.74 Å². The van der Waals surface area contributed by atoms with E-state index >= 15 is 0 Å². The Hall–Kier alpha value is -2.29. The fourth-order valence-electron chi connectivity index (χ4n) is 2.99. The van der Waals surface area contributed by atoms with E-state index in [0.717, 1.165) is 42.9 Å². The number of aryl methyl sites for hydroxylation is 1. The van der Waals surface area contributed by atoms with Crippen molar-refractivity contribution >= 4 is 17.6 Å². The topological polar surface area (TPSA) is 33.6 Å². The van der Waals surface area contributed by atoms with E-state index < -0.39 is 0 Å². The van der Waals surface area contributed by atoms with Gasteiger partial charge in [-0.15, -0.1) is 0 Å². The van der Waals surface area contributed by atoms with E-state index in [2.05, 4.69) is 47.6 Å². The summed E-state index contributed by atoms with van der Waals surface area (Å²) < 4.78 is 5.22. The Morgan fingerprint density at radius 1 is 1.12 bits per heavy atom. The number of anilines is 1. The summed E-state index contributed by atoms with van der Waals surface area (Å²) in [5, 5.41) is 3.56. The van der Waals surface area contributed by atoms with Crippen LogP contribution in [0.5, 0.6) is 5.75 Å². The molecule has 0 fully saturated rings. The Morgan fingerprint density at radius 2 is 1.88 bits per heavy atom. The maximum absolute atomic E-state index is 5.22. The summed E-state index contributed by atoms with van der Waals surface area (Å²) in [4.78, 5) is 4.57. The zero-order valence-electron chi connectivity index (χ0n) is 15.9. The summed E-state index contributed by atoms with van der Waals surface area (Å²) in [5.41, 5.74) is 4.97. The number of hydrogen-bond donors (Lipinski definition) is 1. The molecule has 3 rings (SSSR count). The van der Waals surface area contributed by atoms with Gasteiger partial charge < -0.3 is 10.1 Å². The summed E-state index contributed by atoms with van der Waals surface area (Å²) in [6.07, 6.45) is 5.24. The fourth-order valence-corrected chi connectivity index (χ4v) is 2.99. The third-order valence-corrected chi connectivity index (χ3v) is 4.46. The molecule has 1 atom stereocenters. The van der Waals surface area contributed by atoms with Crippen molar-refractivity contribution in [2.45, 2.75) is 46.0 Å². The van der Waals surface area contributed by atoms with Crippen LogP contribution in [-0.4, -0.2) is 19.9 Å². The standard InChI is InChI=1S/C20H24N2O.C2H6/c1-15(16-8-10-18(23-2)11-9-16)12-14-21-19-7-3-5-17-6-4-13-22-20(17)19;1-2/h3,5,7-11,13,15,21H,4,6,12,14H2,1-2H3;1-2H3. The molecule has 1 heterocycles. The highest BCUT2D eigenvalue weighted by atomic mass is 16.5. The Morgan fingerprint density at radius 3 is 2.60 bits per heavy atom. The number of fused-ring (bicyclic) bond motifs is 1. The van der Waals surface area contributed by atoms with Gasteiger partial charge in [0.25, 0.3) is 0 Å². The van der Waals surface area contributed by atoms with Gasteiger partial charge in [-0.2, -0.15) is 0 Å². The number of benzene rings is 2. The molecule has 3 heteroatoms. The van der Waals surface area contributed by atoms with Crippen LogP contribution in [0.25, 0.3) is 0 Å². The number of hydrogen-bond acceptors (Lipinski definition) is 3. The lowest BCUT2D eigenvalue weighted by Gasteiger charge is -2.17. The first-order valence-corrected chi connectivity index (χ1v) is 9.30. The van der Waals surface area contributed by atoms with Gasteiger partial charge in [-0.25, -0.2) is 0 Å². The van der Waals surface area contributed by atoms with Gasteiger partial charge in [-0.1, -0.05) is 45.0 Å². The lowest BCUT2D eigenvalue weighted by molar-refractivity contribution is 0.414. The van der Waals surface area contributed by atoms with Crippen LogP contribution >= 0.6 is 0 Å². The molecule has 2 aromatic rings. The summed E-state index contributed by atoms with van der Waals surface area (Å²) in [6, 6.07) is 14.8. The number of methoxy groups -OCH3 is 1. The van der Waals surface area contributed by atoms with Crippen molar-refractivity contribution in [3.05, 3.63) is 53.6 Å². The summed E-state index contributed by atoms with van der Waals surface area (Å²) in [6.45, 7) is 7.21. The third-order valence-electron chi connectivity index (χ3n) is 4.46. The number of ether oxygens (including phenoxy) is 1. The van der Waals surface area contributed by atoms with Gasteiger partial charge in [-0.05, 0) is 54.5 Å². The molecule has 134 valence electrons. The van der Waals surface area contributed by atoms with E-state index in [1.54, 1.807) is 7.11 Å². The molecule has 0 amide bonds. The smallest absolute Gasteiger partial charge is 0.118 e. The molecule has 3 nitrogen and oxygen atoms in total. The van der Waals surface area contributed by atoms with Crippen LogP contribution in [0.3, 0.4) is 0 Å². The molecule has 0 aliphatic carbocycles. The minimum Gasteiger partial charge on any atom is -0.497 e. The average Bonchev–Trinajstić information content (AvgIpc) is 2.69. The van der Waals surface area contributed by atoms with Crippen LogP contribution in [0.1, 0.15) is 50.7 Å². The van der Waals surface area contributed by atoms with E-state index in [1.165, 1.54) is 11.1 Å². The third kappa shape index (κ3) is 5.09. The second-order valence-corrected chi connectivity index (χ2v) is 6.05. The highest BCUT2D eigenvalue weighted by Crippen LogP contribution is 2.32. The van der Waals surface area contributed by atoms with Gasteiger partial charge in [0.1, 0.15) is 5.75 Å². The molecule has 0 saturated carbocycles. The van der Waals surface area contributed by atoms with Gasteiger partial charge in [-0.3, -0.25) is 4.99 Å². The molecule has 1 aliphatic rings. The monoisotopic (exact) mass is 338 g/mol. The highest BCUT2D eigenvalue weighted by molar-refractivity contribution is 5.78. The fraction of sp³-hybridized carbons (Fsp3) is 0.409. The van der Waals surface area contributed by atoms with Crippen molar-refractivity contribution in [1.82, 2.24) is 0 Å². The molecule has 1 unspecified atom stereocenters. The Bertz CT molecular complexity index is 677. The van der Waals surface area contributed by atoms with Crippen LogP contribution in [0.15, 0.2) is 47.5 Å². The molecule has 25 heavy (non-hydrogen) atoms. The molecule has 1 aliphatic heterocycles. The molecule has 2 aromatic carbocycles. The van der Waals surface area contributed by atoms with E-state index in [9.17, 15) is 0 Å². The van der Waals surface area contributed by atoms with E-state index in [1.807, 2.05) is 32.2 Å². The number of para-hydroxylation sites is 1. The van der Waals surface area contributed by atoms with Crippen LogP contribution < -0.4 is 10.1 Å². The minimum absolute atomic E-state index is 0.511. The van der Waals surface area contributed by atoms with Crippen LogP contribution in [-0.2, 0) is 6.42 Å². The number of aliphatic imine (C=N–C) groups is 1. The maximum atomic E-state index is 5.22. The molecule has 0 radical (unpaired) electrons. The zero-order chi connectivity index (χ0) is 18.1. The van der Waals surface area contributed by atoms with Crippen molar-refractivity contribution < 1.29 is 4.74 Å². The van der Waals surface area contributed by atoms with Gasteiger partial charge in [0.2, 0.25) is 0 Å². The molecule has 0 bridgehead atoms. The van der Waals surface area contributed by atoms with Crippen molar-refractivity contribution in [2.24, 2.45) is 4.99 Å². The first-order valence-electron chi connectivity index (χ1n) is 9.30. The van der Waals surface area contributed by atoms with Crippen molar-refractivity contribution in [3.63, 3.8) is 0 Å². The van der Waals surface area contributed by atoms with Gasteiger partial charge in [0.05, 0.1) is 18.5 Å². The maximum Gasteiger partial charge on any atom is 0.118 e. The predicted molar refractivity (Wildman–Crippen MR) is 109 cm³/mol. The van der Waals surface area contributed by atoms with Gasteiger partial charge in [0, 0.05) is 12.8 Å². The van der Waals surface area contributed by atoms with Crippen LogP contribution in [0.2, 0.25) is 0 Å². The lowest BCUT2D eigenvalue weighted by atomic mass is 9.97. The number of nitrogens with one attached hydrogen (secondary N) is 1. The second-order valence-electron chi connectivity index (χ2n) is 6.05. The van der Waals surface area contributed by atoms with Crippen molar-refractivity contribution in [3.8, 4) is 5.75 Å². The van der Waals surface area contributed by atoms with Crippen molar-refractivity contribution in [1.29, 1.82) is 0 Å². The van der Waals surface area contributed by atoms with Crippen molar-refractivity contribution in [2.75, 3.05) is 19.0 Å². The molecular formula is C22H30N2O. The predicted octanol–water partition coefficient (Wildman–Crippen LogP) is 5.98. The minimum atomic E-state index is 0.511. The molecule has 0 saturated heterocycles. The van der Waals surface area contributed by atoms with Gasteiger partial charge >= 0.3 is 0 Å². The first-order chi connectivity index (χ1) is 12.3. The zero-order valence-corrected chi connectivity index (χ0v) is 15.9. The lowest BCUT2D eigenvalue weighted by Crippen LogP contribution is -2.07. The molecule has 1 N–H and O–H groups in total. The Labute approximate surface area is 152 Å².